The highest BCUT2D eigenvalue weighted by Crippen LogP contribution is 2.17. The topological polar surface area (TPSA) is 63.1 Å². The van der Waals surface area contributed by atoms with Crippen LogP contribution in [0.25, 0.3) is 0 Å². The largest absolute Gasteiger partial charge is 0.345 e. The number of nitrogens with zero attached hydrogens (tertiary/aromatic N) is 1. The molecule has 22 heavy (non-hydrogen) atoms. The van der Waals surface area contributed by atoms with Crippen LogP contribution in [0.1, 0.15) is 16.1 Å². The van der Waals surface area contributed by atoms with Crippen LogP contribution >= 0.6 is 27.7 Å². The number of aryl methyl sites for hydroxylation is 2. The summed E-state index contributed by atoms with van der Waals surface area (Å²) in [5.74, 6) is -0.380. The summed E-state index contributed by atoms with van der Waals surface area (Å²) in [4.78, 5) is 24.7. The van der Waals surface area contributed by atoms with Crippen molar-refractivity contribution >= 4 is 39.5 Å². The van der Waals surface area contributed by atoms with Crippen LogP contribution in [0.5, 0.6) is 0 Å². The Bertz CT molecular complexity index is 683. The minimum absolute atomic E-state index is 0.236. The van der Waals surface area contributed by atoms with Crippen LogP contribution in [0.15, 0.2) is 45.9 Å². The lowest BCUT2D eigenvalue weighted by molar-refractivity contribution is -0.119. The third-order valence-electron chi connectivity index (χ3n) is 2.91. The maximum Gasteiger partial charge on any atom is 0.286 e. The van der Waals surface area contributed by atoms with Gasteiger partial charge in [-0.1, -0.05) is 17.7 Å². The highest BCUT2D eigenvalue weighted by Gasteiger charge is 2.12. The molecule has 0 aliphatic carbocycles. The zero-order chi connectivity index (χ0) is 16.1. The summed E-state index contributed by atoms with van der Waals surface area (Å²) in [7, 11) is 1.76. The molecule has 0 bridgehead atoms. The van der Waals surface area contributed by atoms with Gasteiger partial charge in [0.1, 0.15) is 5.69 Å². The van der Waals surface area contributed by atoms with E-state index in [1.165, 1.54) is 17.3 Å². The quantitative estimate of drug-likeness (QED) is 0.631. The third-order valence-corrected chi connectivity index (χ3v) is 4.36. The zero-order valence-electron chi connectivity index (χ0n) is 12.2. The van der Waals surface area contributed by atoms with Crippen molar-refractivity contribution in [2.24, 2.45) is 7.05 Å². The van der Waals surface area contributed by atoms with E-state index in [-0.39, 0.29) is 17.6 Å². The molecular formula is C15H16BrN3O2S. The Balaban J connectivity index is 1.79. The fourth-order valence-corrected chi connectivity index (χ4v) is 2.98. The van der Waals surface area contributed by atoms with Gasteiger partial charge in [-0.05, 0) is 41.1 Å². The Hall–Kier alpha value is -1.73. The predicted molar refractivity (Wildman–Crippen MR) is 90.6 cm³/mol. The second-order valence-electron chi connectivity index (χ2n) is 4.76. The van der Waals surface area contributed by atoms with Gasteiger partial charge in [0.2, 0.25) is 5.91 Å². The van der Waals surface area contributed by atoms with E-state index in [2.05, 4.69) is 26.8 Å². The average Bonchev–Trinajstić information content (AvgIpc) is 2.83. The molecule has 0 aliphatic rings. The highest BCUT2D eigenvalue weighted by molar-refractivity contribution is 9.10. The first-order valence-corrected chi connectivity index (χ1v) is 8.34. The van der Waals surface area contributed by atoms with Crippen LogP contribution in [0.4, 0.5) is 0 Å². The van der Waals surface area contributed by atoms with E-state index in [0.717, 1.165) is 9.37 Å². The minimum Gasteiger partial charge on any atom is -0.345 e. The summed E-state index contributed by atoms with van der Waals surface area (Å²) in [6, 6.07) is 9.60. The summed E-state index contributed by atoms with van der Waals surface area (Å²) < 4.78 is 2.48. The van der Waals surface area contributed by atoms with Gasteiger partial charge < -0.3 is 4.57 Å². The maximum atomic E-state index is 11.9. The van der Waals surface area contributed by atoms with E-state index >= 15 is 0 Å². The van der Waals surface area contributed by atoms with Crippen molar-refractivity contribution in [1.82, 2.24) is 15.4 Å². The number of thioether (sulfide) groups is 1. The number of carbonyl (C=O) groups excluding carboxylic acids is 2. The van der Waals surface area contributed by atoms with Gasteiger partial charge in [0, 0.05) is 22.6 Å². The number of amides is 2. The molecule has 2 N–H and O–H groups in total. The first-order valence-electron chi connectivity index (χ1n) is 6.56. The minimum atomic E-state index is -0.359. The Morgan fingerprint density at radius 2 is 1.91 bits per heavy atom. The molecule has 0 saturated heterocycles. The van der Waals surface area contributed by atoms with Gasteiger partial charge in [0.25, 0.3) is 5.91 Å². The van der Waals surface area contributed by atoms with E-state index in [0.29, 0.717) is 5.69 Å². The van der Waals surface area contributed by atoms with Gasteiger partial charge in [0.05, 0.1) is 5.75 Å². The van der Waals surface area contributed by atoms with Crippen LogP contribution in [-0.4, -0.2) is 22.1 Å². The number of hydrogen-bond donors (Lipinski definition) is 2. The zero-order valence-corrected chi connectivity index (χ0v) is 14.6. The van der Waals surface area contributed by atoms with Crippen LogP contribution in [-0.2, 0) is 11.8 Å². The van der Waals surface area contributed by atoms with Gasteiger partial charge in [-0.15, -0.1) is 11.8 Å². The summed E-state index contributed by atoms with van der Waals surface area (Å²) >= 11 is 4.71. The fraction of sp³-hybridized carbons (Fsp3) is 0.200. The summed E-state index contributed by atoms with van der Waals surface area (Å²) in [5.41, 5.74) is 6.45. The van der Waals surface area contributed by atoms with Gasteiger partial charge >= 0.3 is 0 Å². The van der Waals surface area contributed by atoms with Crippen LogP contribution in [0, 0.1) is 6.92 Å². The Kier molecular flexibility index (Phi) is 5.68. The number of benzene rings is 1. The normalized spacial score (nSPS) is 10.3. The molecule has 5 nitrogen and oxygen atoms in total. The number of carbonyl (C=O) groups is 2. The second kappa shape index (κ2) is 7.51. The monoisotopic (exact) mass is 381 g/mol. The number of hydrogen-bond acceptors (Lipinski definition) is 3. The molecule has 0 fully saturated rings. The molecule has 2 amide bonds. The third kappa shape index (κ3) is 4.64. The van der Waals surface area contributed by atoms with Crippen molar-refractivity contribution < 1.29 is 9.59 Å². The number of rotatable bonds is 4. The maximum absolute atomic E-state index is 11.9. The molecule has 0 atom stereocenters. The molecule has 0 saturated carbocycles. The molecule has 0 spiro atoms. The lowest BCUT2D eigenvalue weighted by Gasteiger charge is -2.08. The van der Waals surface area contributed by atoms with E-state index in [4.69, 9.17) is 0 Å². The Labute approximate surface area is 141 Å². The molecule has 7 heteroatoms. The van der Waals surface area contributed by atoms with Crippen molar-refractivity contribution in [3.63, 3.8) is 0 Å². The first kappa shape index (κ1) is 16.6. The first-order chi connectivity index (χ1) is 10.5. The van der Waals surface area contributed by atoms with Crippen molar-refractivity contribution in [2.75, 3.05) is 5.75 Å². The predicted octanol–water partition coefficient (Wildman–Crippen LogP) is 2.65. The summed E-state index contributed by atoms with van der Waals surface area (Å²) in [6.45, 7) is 2.01. The van der Waals surface area contributed by atoms with Crippen LogP contribution in [0.2, 0.25) is 0 Å². The number of hydrazine groups is 1. The molecule has 116 valence electrons. The molecule has 1 heterocycles. The standard InChI is InChI=1S/C15H16BrN3O2S/c1-10-3-5-12(6-4-10)22-9-14(20)17-18-15(21)13-7-11(16)8-19(13)2/h3-8H,9H2,1-2H3,(H,17,20)(H,18,21). The molecule has 1 aromatic carbocycles. The van der Waals surface area contributed by atoms with Crippen molar-refractivity contribution in [2.45, 2.75) is 11.8 Å². The number of aromatic nitrogens is 1. The van der Waals surface area contributed by atoms with Gasteiger partial charge in [-0.25, -0.2) is 0 Å². The second-order valence-corrected chi connectivity index (χ2v) is 6.72. The van der Waals surface area contributed by atoms with Crippen molar-refractivity contribution in [3.8, 4) is 0 Å². The molecule has 1 aromatic heterocycles. The average molecular weight is 382 g/mol. The summed E-state index contributed by atoms with van der Waals surface area (Å²) in [6.07, 6.45) is 1.77. The Morgan fingerprint density at radius 1 is 1.23 bits per heavy atom. The van der Waals surface area contributed by atoms with Crippen LogP contribution in [0.3, 0.4) is 0 Å². The smallest absolute Gasteiger partial charge is 0.286 e. The van der Waals surface area contributed by atoms with Crippen LogP contribution < -0.4 is 10.9 Å². The highest BCUT2D eigenvalue weighted by atomic mass is 79.9. The Morgan fingerprint density at radius 3 is 2.50 bits per heavy atom. The van der Waals surface area contributed by atoms with Gasteiger partial charge in [0.15, 0.2) is 0 Å². The van der Waals surface area contributed by atoms with Crippen molar-refractivity contribution in [1.29, 1.82) is 0 Å². The van der Waals surface area contributed by atoms with E-state index < -0.39 is 0 Å². The van der Waals surface area contributed by atoms with E-state index in [1.54, 1.807) is 23.9 Å². The molecular weight excluding hydrogens is 366 g/mol. The molecule has 2 aromatic rings. The van der Waals surface area contributed by atoms with Gasteiger partial charge in [-0.3, -0.25) is 20.4 Å². The van der Waals surface area contributed by atoms with E-state index in [9.17, 15) is 9.59 Å². The van der Waals surface area contributed by atoms with E-state index in [1.807, 2.05) is 31.2 Å². The molecule has 0 unspecified atom stereocenters. The number of nitrogens with one attached hydrogen (secondary N) is 2. The molecule has 2 rings (SSSR count). The number of halogens is 1. The fourth-order valence-electron chi connectivity index (χ4n) is 1.76. The lowest BCUT2D eigenvalue weighted by atomic mass is 10.2. The molecule has 0 radical (unpaired) electrons. The van der Waals surface area contributed by atoms with Gasteiger partial charge in [-0.2, -0.15) is 0 Å². The molecule has 0 aliphatic heterocycles. The lowest BCUT2D eigenvalue weighted by Crippen LogP contribution is -2.43. The van der Waals surface area contributed by atoms with Crippen molar-refractivity contribution in [3.05, 3.63) is 52.3 Å². The summed E-state index contributed by atoms with van der Waals surface area (Å²) in [5, 5.41) is 0. The SMILES string of the molecule is Cc1ccc(SCC(=O)NNC(=O)c2cc(Br)cn2C)cc1.